The van der Waals surface area contributed by atoms with Crippen LogP contribution in [0.1, 0.15) is 29.5 Å². The Labute approximate surface area is 173 Å². The number of primary amides is 1. The number of anilines is 1. The van der Waals surface area contributed by atoms with Gasteiger partial charge in [-0.3, -0.25) is 9.52 Å². The van der Waals surface area contributed by atoms with Gasteiger partial charge in [-0.15, -0.1) is 0 Å². The number of carbonyl (C=O) groups is 1. The molecule has 0 aliphatic heterocycles. The minimum atomic E-state index is -4.86. The number of sulfonamides is 1. The standard InChI is InChI=1S/C18H21NO3S.C2H2F3NO/c1-13-7-9-14(10-8-13)19-23(20,21)18-12-11-17(22-2)15-5-3-4-6-16(15)18;3-2(4,5)1(6)7/h7-12,19H,3-6H2,1-2H3;(H2,6,7). The number of halogens is 3. The number of nitrogens with one attached hydrogen (secondary N) is 1. The molecule has 10 heteroatoms. The number of fused-ring (bicyclic) bond motifs is 1. The largest absolute Gasteiger partial charge is 0.496 e. The maximum Gasteiger partial charge on any atom is 0.470 e. The highest BCUT2D eigenvalue weighted by atomic mass is 32.2. The summed E-state index contributed by atoms with van der Waals surface area (Å²) in [6.07, 6.45) is -1.14. The van der Waals surface area contributed by atoms with Crippen molar-refractivity contribution in [2.75, 3.05) is 11.8 Å². The Hall–Kier alpha value is -2.75. The van der Waals surface area contributed by atoms with Gasteiger partial charge in [0, 0.05) is 5.69 Å². The second-order valence-corrected chi connectivity index (χ2v) is 8.41. The van der Waals surface area contributed by atoms with Gasteiger partial charge in [0.05, 0.1) is 12.0 Å². The maximum atomic E-state index is 12.8. The van der Waals surface area contributed by atoms with Gasteiger partial charge in [0.25, 0.3) is 10.0 Å². The lowest BCUT2D eigenvalue weighted by molar-refractivity contribution is -0.169. The Morgan fingerprint density at radius 3 is 2.07 bits per heavy atom. The summed E-state index contributed by atoms with van der Waals surface area (Å²) in [5, 5.41) is 0. The van der Waals surface area contributed by atoms with Crippen molar-refractivity contribution in [2.45, 2.75) is 43.7 Å². The van der Waals surface area contributed by atoms with E-state index in [0.717, 1.165) is 48.1 Å². The van der Waals surface area contributed by atoms with Gasteiger partial charge in [0.2, 0.25) is 0 Å². The molecular weight excluding hydrogens is 421 g/mol. The van der Waals surface area contributed by atoms with Gasteiger partial charge in [0.15, 0.2) is 0 Å². The third-order valence-corrected chi connectivity index (χ3v) is 6.01. The van der Waals surface area contributed by atoms with Crippen molar-refractivity contribution >= 4 is 21.6 Å². The van der Waals surface area contributed by atoms with Crippen LogP contribution >= 0.6 is 0 Å². The van der Waals surface area contributed by atoms with E-state index in [1.54, 1.807) is 31.4 Å². The first-order valence-electron chi connectivity index (χ1n) is 9.10. The van der Waals surface area contributed by atoms with Crippen LogP contribution in [-0.4, -0.2) is 27.6 Å². The zero-order valence-electron chi connectivity index (χ0n) is 16.5. The number of rotatable bonds is 4. The number of hydrogen-bond acceptors (Lipinski definition) is 4. The van der Waals surface area contributed by atoms with Gasteiger partial charge in [0.1, 0.15) is 5.75 Å². The average molecular weight is 444 g/mol. The van der Waals surface area contributed by atoms with E-state index in [0.29, 0.717) is 10.6 Å². The lowest BCUT2D eigenvalue weighted by Gasteiger charge is -2.22. The molecule has 0 unspecified atom stereocenters. The summed E-state index contributed by atoms with van der Waals surface area (Å²) < 4.78 is 65.8. The van der Waals surface area contributed by atoms with Gasteiger partial charge in [-0.25, -0.2) is 8.42 Å². The first-order chi connectivity index (χ1) is 14.0. The second kappa shape index (κ2) is 9.38. The van der Waals surface area contributed by atoms with E-state index in [2.05, 4.69) is 10.5 Å². The van der Waals surface area contributed by atoms with Crippen LogP contribution in [0.5, 0.6) is 5.75 Å². The second-order valence-electron chi connectivity index (χ2n) is 6.76. The number of methoxy groups -OCH3 is 1. The van der Waals surface area contributed by atoms with Crippen molar-refractivity contribution in [1.29, 1.82) is 0 Å². The van der Waals surface area contributed by atoms with Crippen LogP contribution in [0.25, 0.3) is 0 Å². The van der Waals surface area contributed by atoms with Crippen molar-refractivity contribution in [2.24, 2.45) is 5.73 Å². The predicted molar refractivity (Wildman–Crippen MR) is 107 cm³/mol. The summed E-state index contributed by atoms with van der Waals surface area (Å²) in [7, 11) is -1.97. The molecule has 6 nitrogen and oxygen atoms in total. The third-order valence-electron chi connectivity index (χ3n) is 4.54. The number of hydrogen-bond donors (Lipinski definition) is 2. The van der Waals surface area contributed by atoms with E-state index in [1.165, 1.54) is 0 Å². The van der Waals surface area contributed by atoms with E-state index < -0.39 is 22.1 Å². The Morgan fingerprint density at radius 1 is 1.03 bits per heavy atom. The fourth-order valence-corrected chi connectivity index (χ4v) is 4.43. The molecule has 2 aromatic carbocycles. The molecule has 0 fully saturated rings. The number of ether oxygens (including phenoxy) is 1. The molecule has 1 amide bonds. The van der Waals surface area contributed by atoms with Crippen LogP contribution in [0.2, 0.25) is 0 Å². The fourth-order valence-electron chi connectivity index (χ4n) is 3.08. The van der Waals surface area contributed by atoms with Crippen molar-refractivity contribution in [3.63, 3.8) is 0 Å². The highest BCUT2D eigenvalue weighted by Gasteiger charge is 2.35. The lowest BCUT2D eigenvalue weighted by Crippen LogP contribution is -2.30. The number of aryl methyl sites for hydroxylation is 1. The molecule has 3 N–H and O–H groups in total. The number of alkyl halides is 3. The van der Waals surface area contributed by atoms with Gasteiger partial charge in [-0.05, 0) is 68.0 Å². The van der Waals surface area contributed by atoms with Crippen molar-refractivity contribution in [3.05, 3.63) is 53.1 Å². The van der Waals surface area contributed by atoms with Crippen LogP contribution in [0, 0.1) is 6.92 Å². The minimum absolute atomic E-state index is 0.369. The van der Waals surface area contributed by atoms with Gasteiger partial charge in [-0.2, -0.15) is 13.2 Å². The molecule has 0 heterocycles. The molecule has 0 saturated carbocycles. The zero-order valence-corrected chi connectivity index (χ0v) is 17.4. The van der Waals surface area contributed by atoms with Crippen molar-refractivity contribution in [1.82, 2.24) is 0 Å². The highest BCUT2D eigenvalue weighted by molar-refractivity contribution is 7.92. The van der Waals surface area contributed by atoms with Gasteiger partial charge >= 0.3 is 12.1 Å². The number of carbonyl (C=O) groups excluding carboxylic acids is 1. The molecule has 0 radical (unpaired) electrons. The fraction of sp³-hybridized carbons (Fsp3) is 0.350. The summed E-state index contributed by atoms with van der Waals surface area (Å²) in [5.41, 5.74) is 7.41. The van der Waals surface area contributed by atoms with E-state index in [9.17, 15) is 21.6 Å². The molecule has 0 saturated heterocycles. The number of benzene rings is 2. The van der Waals surface area contributed by atoms with Crippen LogP contribution in [0.15, 0.2) is 41.3 Å². The number of nitrogens with two attached hydrogens (primary N) is 1. The van der Waals surface area contributed by atoms with Gasteiger partial charge < -0.3 is 10.5 Å². The van der Waals surface area contributed by atoms with E-state index in [4.69, 9.17) is 9.53 Å². The normalized spacial score (nSPS) is 13.5. The highest BCUT2D eigenvalue weighted by Crippen LogP contribution is 2.34. The minimum Gasteiger partial charge on any atom is -0.496 e. The summed E-state index contributed by atoms with van der Waals surface area (Å²) in [5.74, 6) is -1.47. The molecule has 0 bridgehead atoms. The van der Waals surface area contributed by atoms with Crippen molar-refractivity contribution < 1.29 is 31.1 Å². The SMILES string of the molecule is COc1ccc(S(=O)(=O)Nc2ccc(C)cc2)c2c1CCCC2.NC(=O)C(F)(F)F. The van der Waals surface area contributed by atoms with Crippen LogP contribution in [0.4, 0.5) is 18.9 Å². The summed E-state index contributed by atoms with van der Waals surface area (Å²) in [6.45, 7) is 1.97. The lowest BCUT2D eigenvalue weighted by atomic mass is 9.91. The summed E-state index contributed by atoms with van der Waals surface area (Å²) in [4.78, 5) is 9.49. The average Bonchev–Trinajstić information content (AvgIpc) is 2.68. The zero-order chi connectivity index (χ0) is 22.5. The maximum absolute atomic E-state index is 12.8. The molecule has 164 valence electrons. The Kier molecular flexibility index (Phi) is 7.35. The van der Waals surface area contributed by atoms with E-state index in [-0.39, 0.29) is 0 Å². The molecule has 3 rings (SSSR count). The van der Waals surface area contributed by atoms with Crippen LogP contribution < -0.4 is 15.2 Å². The Morgan fingerprint density at radius 2 is 1.57 bits per heavy atom. The first-order valence-corrected chi connectivity index (χ1v) is 10.6. The smallest absolute Gasteiger partial charge is 0.470 e. The van der Waals surface area contributed by atoms with Crippen molar-refractivity contribution in [3.8, 4) is 5.75 Å². The molecule has 0 atom stereocenters. The van der Waals surface area contributed by atoms with Gasteiger partial charge in [-0.1, -0.05) is 17.7 Å². The monoisotopic (exact) mass is 444 g/mol. The Balaban J connectivity index is 0.000000396. The van der Waals surface area contributed by atoms with Crippen LogP contribution in [-0.2, 0) is 27.7 Å². The Bertz CT molecular complexity index is 1000. The van der Waals surface area contributed by atoms with Crippen LogP contribution in [0.3, 0.4) is 0 Å². The summed E-state index contributed by atoms with van der Waals surface area (Å²) in [6, 6.07) is 10.8. The topological polar surface area (TPSA) is 98.5 Å². The molecule has 1 aliphatic carbocycles. The predicted octanol–water partition coefficient (Wildman–Crippen LogP) is 3.72. The molecular formula is C20H23F3N2O4S. The third kappa shape index (κ3) is 5.88. The molecule has 0 spiro atoms. The number of amides is 1. The van der Waals surface area contributed by atoms with E-state index >= 15 is 0 Å². The quantitative estimate of drug-likeness (QED) is 0.751. The first kappa shape index (κ1) is 23.5. The molecule has 30 heavy (non-hydrogen) atoms. The van der Waals surface area contributed by atoms with E-state index in [1.807, 2.05) is 19.1 Å². The molecule has 0 aromatic heterocycles. The molecule has 1 aliphatic rings. The summed E-state index contributed by atoms with van der Waals surface area (Å²) >= 11 is 0. The molecule has 2 aromatic rings.